The largest absolute Gasteiger partial charge is 0.423 e. The van der Waals surface area contributed by atoms with Crippen LogP contribution in [0.4, 0.5) is 16.1 Å². The number of hydrogen-bond acceptors (Lipinski definition) is 5. The summed E-state index contributed by atoms with van der Waals surface area (Å²) in [5.41, 5.74) is 2.02. The van der Waals surface area contributed by atoms with Gasteiger partial charge < -0.3 is 9.73 Å². The van der Waals surface area contributed by atoms with Gasteiger partial charge in [0.1, 0.15) is 12.1 Å². The number of nitrogens with zero attached hydrogens (tertiary/aromatic N) is 3. The van der Waals surface area contributed by atoms with Crippen molar-refractivity contribution in [2.45, 2.75) is 0 Å². The zero-order valence-electron chi connectivity index (χ0n) is 12.4. The number of hydrogen-bond donors (Lipinski definition) is 2. The molecular formula is C17H12FN5O. The summed E-state index contributed by atoms with van der Waals surface area (Å²) in [7, 11) is 0. The molecule has 0 bridgehead atoms. The lowest BCUT2D eigenvalue weighted by Gasteiger charge is -2.03. The Morgan fingerprint density at radius 3 is 2.71 bits per heavy atom. The minimum atomic E-state index is -0.371. The van der Waals surface area contributed by atoms with Crippen LogP contribution in [0.5, 0.6) is 0 Å². The molecule has 0 unspecified atom stereocenters. The Balaban J connectivity index is 1.61. The highest BCUT2D eigenvalue weighted by molar-refractivity contribution is 5.67. The van der Waals surface area contributed by atoms with E-state index >= 15 is 0 Å². The number of aromatic nitrogens is 4. The van der Waals surface area contributed by atoms with E-state index in [-0.39, 0.29) is 11.8 Å². The molecule has 0 atom stereocenters. The molecule has 2 heterocycles. The number of rotatable bonds is 4. The summed E-state index contributed by atoms with van der Waals surface area (Å²) in [4.78, 5) is 8.27. The van der Waals surface area contributed by atoms with Crippen molar-refractivity contribution in [1.29, 1.82) is 0 Å². The van der Waals surface area contributed by atoms with Crippen LogP contribution in [0.2, 0.25) is 0 Å². The first-order chi connectivity index (χ1) is 11.8. The van der Waals surface area contributed by atoms with Gasteiger partial charge in [-0.2, -0.15) is 5.10 Å². The highest BCUT2D eigenvalue weighted by Gasteiger charge is 2.10. The van der Waals surface area contributed by atoms with Crippen LogP contribution in [0.3, 0.4) is 0 Å². The van der Waals surface area contributed by atoms with Crippen molar-refractivity contribution in [3.63, 3.8) is 0 Å². The molecule has 2 aromatic heterocycles. The molecular weight excluding hydrogens is 309 g/mol. The van der Waals surface area contributed by atoms with Gasteiger partial charge in [-0.1, -0.05) is 30.3 Å². The molecule has 4 aromatic rings. The van der Waals surface area contributed by atoms with Gasteiger partial charge in [0.25, 0.3) is 6.01 Å². The lowest BCUT2D eigenvalue weighted by molar-refractivity contribution is 0.587. The van der Waals surface area contributed by atoms with Crippen LogP contribution < -0.4 is 5.32 Å². The smallest absolute Gasteiger partial charge is 0.299 e. The normalized spacial score (nSPS) is 10.7. The molecule has 6 nitrogen and oxygen atoms in total. The highest BCUT2D eigenvalue weighted by atomic mass is 19.1. The second-order valence-electron chi connectivity index (χ2n) is 5.05. The summed E-state index contributed by atoms with van der Waals surface area (Å²) < 4.78 is 19.3. The van der Waals surface area contributed by atoms with Gasteiger partial charge in [0, 0.05) is 11.1 Å². The molecule has 0 amide bonds. The van der Waals surface area contributed by atoms with Crippen LogP contribution in [-0.4, -0.2) is 20.2 Å². The molecule has 0 aliphatic heterocycles. The van der Waals surface area contributed by atoms with Crippen molar-refractivity contribution in [2.75, 3.05) is 5.32 Å². The molecule has 0 saturated carbocycles. The van der Waals surface area contributed by atoms with Crippen LogP contribution in [0.15, 0.2) is 65.5 Å². The first-order valence-electron chi connectivity index (χ1n) is 7.23. The number of para-hydroxylation sites is 1. The number of nitrogens with one attached hydrogen (secondary N) is 2. The van der Waals surface area contributed by atoms with Gasteiger partial charge in [0.15, 0.2) is 11.6 Å². The molecule has 0 aliphatic rings. The van der Waals surface area contributed by atoms with Gasteiger partial charge in [-0.25, -0.2) is 14.4 Å². The third-order valence-corrected chi connectivity index (χ3v) is 3.46. The Hall–Kier alpha value is -3.48. The molecule has 0 saturated heterocycles. The second-order valence-corrected chi connectivity index (χ2v) is 5.05. The lowest BCUT2D eigenvalue weighted by Crippen LogP contribution is -1.92. The molecule has 0 aliphatic carbocycles. The molecule has 7 heteroatoms. The van der Waals surface area contributed by atoms with E-state index in [0.29, 0.717) is 17.3 Å². The predicted molar refractivity (Wildman–Crippen MR) is 87.0 cm³/mol. The van der Waals surface area contributed by atoms with Gasteiger partial charge >= 0.3 is 0 Å². The van der Waals surface area contributed by atoms with Crippen LogP contribution in [-0.2, 0) is 0 Å². The number of oxazole rings is 1. The number of benzene rings is 2. The standard InChI is InChI=1S/C17H12FN5O/c18-13-6-1-2-7-14(13)22-17-19-9-15(24-17)11-4-3-5-12(8-11)16-20-10-21-23-16/h1-10H,(H,19,22)(H,20,21,23). The van der Waals surface area contributed by atoms with Gasteiger partial charge in [-0.05, 0) is 18.2 Å². The summed E-state index contributed by atoms with van der Waals surface area (Å²) in [6, 6.07) is 14.2. The fourth-order valence-electron chi connectivity index (χ4n) is 2.31. The summed E-state index contributed by atoms with van der Waals surface area (Å²) >= 11 is 0. The summed E-state index contributed by atoms with van der Waals surface area (Å²) in [6.07, 6.45) is 3.04. The fraction of sp³-hybridized carbons (Fsp3) is 0. The molecule has 0 spiro atoms. The third kappa shape index (κ3) is 2.74. The van der Waals surface area contributed by atoms with Crippen LogP contribution in [0.25, 0.3) is 22.7 Å². The highest BCUT2D eigenvalue weighted by Crippen LogP contribution is 2.27. The predicted octanol–water partition coefficient (Wildman–Crippen LogP) is 4.01. The minimum Gasteiger partial charge on any atom is -0.423 e. The Kier molecular flexibility index (Phi) is 3.51. The van der Waals surface area contributed by atoms with Crippen molar-refractivity contribution in [3.05, 3.63) is 66.9 Å². The van der Waals surface area contributed by atoms with Crippen molar-refractivity contribution < 1.29 is 8.81 Å². The Bertz CT molecular complexity index is 965. The summed E-state index contributed by atoms with van der Waals surface area (Å²) in [6.45, 7) is 0. The van der Waals surface area contributed by atoms with E-state index in [2.05, 4.69) is 25.5 Å². The van der Waals surface area contributed by atoms with E-state index in [1.165, 1.54) is 12.4 Å². The van der Waals surface area contributed by atoms with Crippen LogP contribution in [0, 0.1) is 5.82 Å². The maximum atomic E-state index is 13.7. The second kappa shape index (κ2) is 5.96. The topological polar surface area (TPSA) is 79.6 Å². The number of halogens is 1. The van der Waals surface area contributed by atoms with Crippen molar-refractivity contribution in [1.82, 2.24) is 20.2 Å². The van der Waals surface area contributed by atoms with Crippen molar-refractivity contribution in [3.8, 4) is 22.7 Å². The monoisotopic (exact) mass is 321 g/mol. The quantitative estimate of drug-likeness (QED) is 0.593. The molecule has 0 fully saturated rings. The molecule has 2 aromatic carbocycles. The van der Waals surface area contributed by atoms with Crippen molar-refractivity contribution >= 4 is 11.7 Å². The Labute approximate surface area is 136 Å². The molecule has 4 rings (SSSR count). The molecule has 0 radical (unpaired) electrons. The third-order valence-electron chi connectivity index (χ3n) is 3.46. The average Bonchev–Trinajstić information content (AvgIpc) is 3.29. The van der Waals surface area contributed by atoms with E-state index < -0.39 is 0 Å². The molecule has 118 valence electrons. The first kappa shape index (κ1) is 14.1. The van der Waals surface area contributed by atoms with E-state index in [4.69, 9.17) is 4.42 Å². The Morgan fingerprint density at radius 2 is 1.88 bits per heavy atom. The fourth-order valence-corrected chi connectivity index (χ4v) is 2.31. The number of anilines is 2. The average molecular weight is 321 g/mol. The molecule has 24 heavy (non-hydrogen) atoms. The minimum absolute atomic E-state index is 0.222. The summed E-state index contributed by atoms with van der Waals surface area (Å²) in [5, 5.41) is 9.48. The zero-order chi connectivity index (χ0) is 16.4. The maximum absolute atomic E-state index is 13.7. The van der Waals surface area contributed by atoms with Gasteiger partial charge in [-0.15, -0.1) is 0 Å². The van der Waals surface area contributed by atoms with E-state index in [1.54, 1.807) is 24.4 Å². The summed E-state index contributed by atoms with van der Waals surface area (Å²) in [5.74, 6) is 0.862. The van der Waals surface area contributed by atoms with Crippen molar-refractivity contribution in [2.24, 2.45) is 0 Å². The van der Waals surface area contributed by atoms with E-state index in [9.17, 15) is 4.39 Å². The Morgan fingerprint density at radius 1 is 1.00 bits per heavy atom. The van der Waals surface area contributed by atoms with Crippen LogP contribution >= 0.6 is 0 Å². The van der Waals surface area contributed by atoms with E-state index in [1.807, 2.05) is 24.3 Å². The van der Waals surface area contributed by atoms with Gasteiger partial charge in [-0.3, -0.25) is 5.10 Å². The maximum Gasteiger partial charge on any atom is 0.299 e. The number of H-pyrrole nitrogens is 1. The zero-order valence-corrected chi connectivity index (χ0v) is 12.4. The molecule has 2 N–H and O–H groups in total. The lowest BCUT2D eigenvalue weighted by atomic mass is 10.1. The van der Waals surface area contributed by atoms with Gasteiger partial charge in [0.05, 0.1) is 11.9 Å². The number of aromatic amines is 1. The van der Waals surface area contributed by atoms with Crippen LogP contribution in [0.1, 0.15) is 0 Å². The SMILES string of the molecule is Fc1ccccc1Nc1ncc(-c2cccc(-c3ncn[nH]3)c2)o1. The van der Waals surface area contributed by atoms with Gasteiger partial charge in [0.2, 0.25) is 0 Å². The van der Waals surface area contributed by atoms with E-state index in [0.717, 1.165) is 11.1 Å². The first-order valence-corrected chi connectivity index (χ1v) is 7.23.